The van der Waals surface area contributed by atoms with Crippen LogP contribution in [0.1, 0.15) is 33.8 Å². The number of amides is 1. The lowest BCUT2D eigenvalue weighted by Gasteiger charge is -2.19. The van der Waals surface area contributed by atoms with Gasteiger partial charge in [0.1, 0.15) is 28.1 Å². The maximum Gasteiger partial charge on any atom is 0.416 e. The second-order valence-electron chi connectivity index (χ2n) is 6.59. The highest BCUT2D eigenvalue weighted by atomic mass is 32.1. The zero-order valence-corrected chi connectivity index (χ0v) is 16.5. The van der Waals surface area contributed by atoms with E-state index in [1.165, 1.54) is 25.1 Å². The molecule has 0 bridgehead atoms. The molecule has 0 aliphatic rings. The van der Waals surface area contributed by atoms with Crippen LogP contribution in [0.3, 0.4) is 0 Å². The van der Waals surface area contributed by atoms with E-state index in [9.17, 15) is 18.0 Å². The Balaban J connectivity index is 1.73. The number of aromatic nitrogens is 2. The summed E-state index contributed by atoms with van der Waals surface area (Å²) >= 11 is 1.09. The van der Waals surface area contributed by atoms with E-state index in [2.05, 4.69) is 4.98 Å². The molecule has 2 heterocycles. The lowest BCUT2D eigenvalue weighted by atomic mass is 10.0. The first-order valence-corrected chi connectivity index (χ1v) is 9.76. The van der Waals surface area contributed by atoms with Crippen LogP contribution in [0, 0.1) is 0 Å². The van der Waals surface area contributed by atoms with Crippen LogP contribution in [-0.2, 0) is 6.18 Å². The van der Waals surface area contributed by atoms with Crippen LogP contribution in [0.2, 0.25) is 0 Å². The monoisotopic (exact) mass is 431 g/mol. The minimum Gasteiger partial charge on any atom is -0.484 e. The molecule has 2 aromatic heterocycles. The summed E-state index contributed by atoms with van der Waals surface area (Å²) in [4.78, 5) is 16.4. The summed E-state index contributed by atoms with van der Waals surface area (Å²) in [5, 5.41) is 0.615. The Bertz CT molecular complexity index is 1230. The molecule has 1 atom stereocenters. The molecule has 2 aromatic carbocycles. The van der Waals surface area contributed by atoms with E-state index < -0.39 is 23.8 Å². The molecule has 5 nitrogen and oxygen atoms in total. The predicted octanol–water partition coefficient (Wildman–Crippen LogP) is 5.34. The van der Waals surface area contributed by atoms with Gasteiger partial charge in [0.25, 0.3) is 5.91 Å². The molecule has 30 heavy (non-hydrogen) atoms. The van der Waals surface area contributed by atoms with Gasteiger partial charge >= 0.3 is 6.18 Å². The van der Waals surface area contributed by atoms with Crippen LogP contribution in [0.15, 0.2) is 60.9 Å². The molecule has 0 radical (unpaired) electrons. The largest absolute Gasteiger partial charge is 0.484 e. The zero-order chi connectivity index (χ0) is 21.5. The van der Waals surface area contributed by atoms with Crippen LogP contribution < -0.4 is 10.5 Å². The average Bonchev–Trinajstić information content (AvgIpc) is 3.31. The summed E-state index contributed by atoms with van der Waals surface area (Å²) in [6.45, 7) is 1.50. The van der Waals surface area contributed by atoms with Gasteiger partial charge in [0.05, 0.1) is 16.6 Å². The maximum atomic E-state index is 13.4. The normalized spacial score (nSPS) is 12.8. The minimum atomic E-state index is -4.52. The molecule has 0 fully saturated rings. The van der Waals surface area contributed by atoms with Gasteiger partial charge in [-0.2, -0.15) is 13.2 Å². The first kappa shape index (κ1) is 20.0. The van der Waals surface area contributed by atoms with Crippen molar-refractivity contribution < 1.29 is 22.7 Å². The highest BCUT2D eigenvalue weighted by Gasteiger charge is 2.35. The number of nitrogens with zero attached hydrogens (tertiary/aromatic N) is 2. The smallest absolute Gasteiger partial charge is 0.416 e. The van der Waals surface area contributed by atoms with Crippen molar-refractivity contribution >= 4 is 28.3 Å². The van der Waals surface area contributed by atoms with E-state index in [0.29, 0.717) is 5.00 Å². The fourth-order valence-corrected chi connectivity index (χ4v) is 4.17. The number of carbonyl (C=O) groups is 1. The molecular formula is C21H16F3N3O2S. The summed E-state index contributed by atoms with van der Waals surface area (Å²) in [7, 11) is 0. The van der Waals surface area contributed by atoms with Gasteiger partial charge in [0.2, 0.25) is 0 Å². The molecule has 4 rings (SSSR count). The number of benzene rings is 2. The van der Waals surface area contributed by atoms with Gasteiger partial charge in [-0.25, -0.2) is 4.98 Å². The second-order valence-corrected chi connectivity index (χ2v) is 7.62. The van der Waals surface area contributed by atoms with Gasteiger partial charge in [0.15, 0.2) is 0 Å². The lowest BCUT2D eigenvalue weighted by molar-refractivity contribution is -0.138. The number of nitrogens with two attached hydrogens (primary N) is 1. The number of rotatable bonds is 5. The van der Waals surface area contributed by atoms with Crippen LogP contribution in [0.4, 0.5) is 13.2 Å². The number of halogens is 3. The molecule has 154 valence electrons. The first-order valence-electron chi connectivity index (χ1n) is 8.94. The van der Waals surface area contributed by atoms with E-state index in [1.54, 1.807) is 17.0 Å². The summed E-state index contributed by atoms with van der Waals surface area (Å²) < 4.78 is 47.6. The highest BCUT2D eigenvalue weighted by Crippen LogP contribution is 2.39. The molecule has 4 aromatic rings. The number of alkyl halides is 3. The number of para-hydroxylation sites is 2. The van der Waals surface area contributed by atoms with E-state index in [1.807, 2.05) is 24.3 Å². The quantitative estimate of drug-likeness (QED) is 0.463. The molecule has 0 unspecified atom stereocenters. The fraction of sp³-hybridized carbons (Fsp3) is 0.143. The molecule has 9 heteroatoms. The molecule has 0 spiro atoms. The molecular weight excluding hydrogens is 415 g/mol. The van der Waals surface area contributed by atoms with Crippen molar-refractivity contribution in [2.24, 2.45) is 5.73 Å². The number of thiophene rings is 1. The third-order valence-corrected chi connectivity index (χ3v) is 5.74. The number of primary amides is 1. The lowest BCUT2D eigenvalue weighted by Crippen LogP contribution is -2.15. The Kier molecular flexibility index (Phi) is 4.98. The first-order chi connectivity index (χ1) is 14.3. The van der Waals surface area contributed by atoms with Crippen molar-refractivity contribution in [3.05, 3.63) is 76.9 Å². The van der Waals surface area contributed by atoms with Crippen molar-refractivity contribution in [3.63, 3.8) is 0 Å². The van der Waals surface area contributed by atoms with Crippen LogP contribution in [0.5, 0.6) is 5.75 Å². The summed E-state index contributed by atoms with van der Waals surface area (Å²) in [5.41, 5.74) is 6.27. The van der Waals surface area contributed by atoms with Gasteiger partial charge in [-0.3, -0.25) is 9.36 Å². The number of hydrogen-bond donors (Lipinski definition) is 1. The molecule has 2 N–H and O–H groups in total. The second kappa shape index (κ2) is 7.49. The third-order valence-electron chi connectivity index (χ3n) is 4.61. The van der Waals surface area contributed by atoms with Crippen molar-refractivity contribution in [1.29, 1.82) is 0 Å². The number of carbonyl (C=O) groups excluding carboxylic acids is 1. The van der Waals surface area contributed by atoms with E-state index >= 15 is 0 Å². The number of imidazole rings is 1. The van der Waals surface area contributed by atoms with Gasteiger partial charge in [-0.05, 0) is 25.1 Å². The van der Waals surface area contributed by atoms with E-state index in [4.69, 9.17) is 10.5 Å². The maximum absolute atomic E-state index is 13.4. The van der Waals surface area contributed by atoms with Crippen LogP contribution >= 0.6 is 11.3 Å². The van der Waals surface area contributed by atoms with Gasteiger partial charge in [-0.1, -0.05) is 30.3 Å². The molecule has 0 saturated heterocycles. The SMILES string of the molecule is C[C@@H](Oc1cc(-n2cnc3ccccc32)sc1C(N)=O)c1ccccc1C(F)(F)F. The van der Waals surface area contributed by atoms with Gasteiger partial charge < -0.3 is 10.5 Å². The third kappa shape index (κ3) is 3.63. The Hall–Kier alpha value is -3.33. The van der Waals surface area contributed by atoms with Crippen molar-refractivity contribution in [3.8, 4) is 10.8 Å². The molecule has 0 aliphatic heterocycles. The number of hydrogen-bond acceptors (Lipinski definition) is 4. The van der Waals surface area contributed by atoms with Crippen molar-refractivity contribution in [2.75, 3.05) is 0 Å². The molecule has 1 amide bonds. The van der Waals surface area contributed by atoms with Gasteiger partial charge in [-0.15, -0.1) is 11.3 Å². The standard InChI is InChI=1S/C21H16F3N3O2S/c1-12(13-6-2-3-7-14(13)21(22,23)24)29-17-10-18(30-19(17)20(25)28)27-11-26-15-8-4-5-9-16(15)27/h2-12H,1H3,(H2,25,28)/t12-/m1/s1. The van der Waals surface area contributed by atoms with Crippen LogP contribution in [-0.4, -0.2) is 15.5 Å². The minimum absolute atomic E-state index is 0.0266. The summed E-state index contributed by atoms with van der Waals surface area (Å²) in [5.74, 6) is -0.591. The van der Waals surface area contributed by atoms with E-state index in [0.717, 1.165) is 28.4 Å². The Labute approximate surface area is 173 Å². The average molecular weight is 431 g/mol. The summed E-state index contributed by atoms with van der Waals surface area (Å²) in [6.07, 6.45) is -3.87. The number of fused-ring (bicyclic) bond motifs is 1. The van der Waals surface area contributed by atoms with Crippen molar-refractivity contribution in [2.45, 2.75) is 19.2 Å². The Morgan fingerprint density at radius 2 is 1.87 bits per heavy atom. The van der Waals surface area contributed by atoms with E-state index in [-0.39, 0.29) is 16.2 Å². The highest BCUT2D eigenvalue weighted by molar-refractivity contribution is 7.16. The van der Waals surface area contributed by atoms with Gasteiger partial charge in [0, 0.05) is 11.6 Å². The predicted molar refractivity (Wildman–Crippen MR) is 108 cm³/mol. The Morgan fingerprint density at radius 1 is 1.17 bits per heavy atom. The topological polar surface area (TPSA) is 70.1 Å². The zero-order valence-electron chi connectivity index (χ0n) is 15.7. The van der Waals surface area contributed by atoms with Crippen LogP contribution in [0.25, 0.3) is 16.0 Å². The number of ether oxygens (including phenoxy) is 1. The molecule has 0 saturated carbocycles. The summed E-state index contributed by atoms with van der Waals surface area (Å²) in [6, 6.07) is 14.2. The molecule has 0 aliphatic carbocycles. The van der Waals surface area contributed by atoms with Crippen molar-refractivity contribution in [1.82, 2.24) is 9.55 Å². The fourth-order valence-electron chi connectivity index (χ4n) is 3.24. The Morgan fingerprint density at radius 3 is 2.60 bits per heavy atom.